The van der Waals surface area contributed by atoms with Crippen molar-refractivity contribution in [3.63, 3.8) is 0 Å². The van der Waals surface area contributed by atoms with E-state index in [2.05, 4.69) is 15.3 Å². The van der Waals surface area contributed by atoms with E-state index >= 15 is 0 Å². The molecule has 0 aliphatic carbocycles. The Balaban J connectivity index is 1.34. The van der Waals surface area contributed by atoms with Crippen molar-refractivity contribution in [1.29, 1.82) is 0 Å². The fourth-order valence-corrected chi connectivity index (χ4v) is 6.77. The van der Waals surface area contributed by atoms with Crippen molar-refractivity contribution >= 4 is 38.5 Å². The highest BCUT2D eigenvalue weighted by atomic mass is 32.2. The minimum Gasteiger partial charge on any atom is -0.340 e. The molecular weight excluding hydrogens is 494 g/mol. The third-order valence-corrected chi connectivity index (χ3v) is 8.80. The van der Waals surface area contributed by atoms with Gasteiger partial charge >= 0.3 is 0 Å². The summed E-state index contributed by atoms with van der Waals surface area (Å²) in [5.41, 5.74) is 1.16. The van der Waals surface area contributed by atoms with Crippen LogP contribution in [0.1, 0.15) is 36.5 Å². The highest BCUT2D eigenvalue weighted by Crippen LogP contribution is 2.34. The number of nitrogens with one attached hydrogen (secondary N) is 1. The Kier molecular flexibility index (Phi) is 6.74. The van der Waals surface area contributed by atoms with Gasteiger partial charge in [0.25, 0.3) is 5.91 Å². The van der Waals surface area contributed by atoms with Gasteiger partial charge in [-0.1, -0.05) is 19.4 Å². The SMILES string of the molecule is CCCC(NC(=O)c1ccc2ncccc2c1)C(=O)N1CCC2C1C(=O)CN2S(=O)(=O)c1cccnc1. The number of carbonyl (C=O) groups excluding carboxylic acids is 3. The monoisotopic (exact) mass is 521 g/mol. The molecule has 2 aliphatic heterocycles. The number of hydrogen-bond acceptors (Lipinski definition) is 7. The number of amides is 2. The Morgan fingerprint density at radius 3 is 2.73 bits per heavy atom. The second-order valence-electron chi connectivity index (χ2n) is 9.26. The number of hydrogen-bond donors (Lipinski definition) is 1. The molecule has 3 unspecified atom stereocenters. The molecule has 2 aromatic heterocycles. The number of pyridine rings is 2. The minimum absolute atomic E-state index is 0.00920. The lowest BCUT2D eigenvalue weighted by molar-refractivity contribution is -0.138. The average Bonchev–Trinajstić information content (AvgIpc) is 3.49. The standard InChI is InChI=1S/C26H27N5O5S/c1-2-5-21(29-25(33)18-8-9-20-17(14-18)6-3-12-28-20)26(34)30-13-10-22-24(30)23(32)16-31(22)37(35,36)19-7-4-11-27-15-19/h3-4,6-9,11-12,14-15,21-22,24H,2,5,10,13,16H2,1H3,(H,29,33). The molecule has 2 saturated heterocycles. The normalized spacial score (nSPS) is 20.7. The van der Waals surface area contributed by atoms with Crippen LogP contribution in [0.5, 0.6) is 0 Å². The van der Waals surface area contributed by atoms with Crippen molar-refractivity contribution < 1.29 is 22.8 Å². The molecule has 2 fully saturated rings. The van der Waals surface area contributed by atoms with Crippen molar-refractivity contribution in [2.24, 2.45) is 0 Å². The molecule has 0 bridgehead atoms. The molecule has 11 heteroatoms. The van der Waals surface area contributed by atoms with Gasteiger partial charge in [-0.05, 0) is 49.2 Å². The molecule has 192 valence electrons. The van der Waals surface area contributed by atoms with Gasteiger partial charge < -0.3 is 10.2 Å². The molecule has 3 aromatic rings. The van der Waals surface area contributed by atoms with Crippen molar-refractivity contribution in [2.45, 2.75) is 49.2 Å². The van der Waals surface area contributed by atoms with Crippen LogP contribution in [-0.2, 0) is 19.6 Å². The number of benzene rings is 1. The molecule has 10 nitrogen and oxygen atoms in total. The minimum atomic E-state index is -3.94. The van der Waals surface area contributed by atoms with E-state index in [9.17, 15) is 22.8 Å². The van der Waals surface area contributed by atoms with E-state index in [-0.39, 0.29) is 29.7 Å². The second-order valence-corrected chi connectivity index (χ2v) is 11.2. The molecule has 2 aliphatic rings. The topological polar surface area (TPSA) is 130 Å². The predicted octanol–water partition coefficient (Wildman–Crippen LogP) is 1.77. The Labute approximate surface area is 214 Å². The van der Waals surface area contributed by atoms with Crippen LogP contribution in [0.15, 0.2) is 66.0 Å². The van der Waals surface area contributed by atoms with Crippen LogP contribution in [0.25, 0.3) is 10.9 Å². The van der Waals surface area contributed by atoms with Crippen LogP contribution in [-0.4, -0.2) is 76.4 Å². The van der Waals surface area contributed by atoms with Gasteiger partial charge in [-0.25, -0.2) is 8.42 Å². The van der Waals surface area contributed by atoms with Gasteiger partial charge in [0.05, 0.1) is 18.1 Å². The number of likely N-dealkylation sites (tertiary alicyclic amines) is 1. The molecule has 5 rings (SSSR count). The lowest BCUT2D eigenvalue weighted by Crippen LogP contribution is -2.52. The molecule has 0 spiro atoms. The number of Topliss-reactive ketones (excluding diaryl/α,β-unsaturated/α-hetero) is 1. The summed E-state index contributed by atoms with van der Waals surface area (Å²) in [7, 11) is -3.94. The zero-order valence-electron chi connectivity index (χ0n) is 20.3. The highest BCUT2D eigenvalue weighted by molar-refractivity contribution is 7.89. The molecule has 1 aromatic carbocycles. The lowest BCUT2D eigenvalue weighted by Gasteiger charge is -2.28. The molecule has 2 amide bonds. The lowest BCUT2D eigenvalue weighted by atomic mass is 10.1. The van der Waals surface area contributed by atoms with Gasteiger partial charge in [0, 0.05) is 36.1 Å². The second kappa shape index (κ2) is 9.98. The van der Waals surface area contributed by atoms with Crippen LogP contribution >= 0.6 is 0 Å². The average molecular weight is 522 g/mol. The maximum absolute atomic E-state index is 13.6. The summed E-state index contributed by atoms with van der Waals surface area (Å²) in [6, 6.07) is 9.38. The maximum Gasteiger partial charge on any atom is 0.251 e. The summed E-state index contributed by atoms with van der Waals surface area (Å²) in [6.45, 7) is 1.84. The van der Waals surface area contributed by atoms with Gasteiger partial charge in [-0.3, -0.25) is 24.4 Å². The van der Waals surface area contributed by atoms with Crippen LogP contribution < -0.4 is 5.32 Å². The van der Waals surface area contributed by atoms with Crippen molar-refractivity contribution in [2.75, 3.05) is 13.1 Å². The molecule has 3 atom stereocenters. The summed E-state index contributed by atoms with van der Waals surface area (Å²) in [5.74, 6) is -1.10. The van der Waals surface area contributed by atoms with E-state index in [1.807, 2.05) is 13.0 Å². The first kappa shape index (κ1) is 25.0. The zero-order chi connectivity index (χ0) is 26.2. The fourth-order valence-electron chi connectivity index (χ4n) is 5.18. The smallest absolute Gasteiger partial charge is 0.251 e. The van der Waals surface area contributed by atoms with Crippen molar-refractivity contribution in [3.8, 4) is 0 Å². The third kappa shape index (κ3) is 4.60. The van der Waals surface area contributed by atoms with Gasteiger partial charge in [0.1, 0.15) is 17.0 Å². The molecule has 37 heavy (non-hydrogen) atoms. The van der Waals surface area contributed by atoms with E-state index in [0.29, 0.717) is 24.8 Å². The van der Waals surface area contributed by atoms with Crippen LogP contribution in [0.4, 0.5) is 0 Å². The number of sulfonamides is 1. The summed E-state index contributed by atoms with van der Waals surface area (Å²) in [5, 5.41) is 3.64. The first-order valence-electron chi connectivity index (χ1n) is 12.2. The summed E-state index contributed by atoms with van der Waals surface area (Å²) >= 11 is 0. The summed E-state index contributed by atoms with van der Waals surface area (Å²) in [6.07, 6.45) is 5.76. The quantitative estimate of drug-likeness (QED) is 0.502. The van der Waals surface area contributed by atoms with E-state index in [1.165, 1.54) is 33.7 Å². The van der Waals surface area contributed by atoms with Crippen LogP contribution in [0.2, 0.25) is 0 Å². The number of ketones is 1. The Morgan fingerprint density at radius 1 is 1.16 bits per heavy atom. The number of nitrogens with zero attached hydrogens (tertiary/aromatic N) is 4. The van der Waals surface area contributed by atoms with E-state index < -0.39 is 34.1 Å². The zero-order valence-corrected chi connectivity index (χ0v) is 21.1. The van der Waals surface area contributed by atoms with Crippen molar-refractivity contribution in [1.82, 2.24) is 24.5 Å². The Morgan fingerprint density at radius 2 is 1.97 bits per heavy atom. The molecule has 0 saturated carbocycles. The summed E-state index contributed by atoms with van der Waals surface area (Å²) in [4.78, 5) is 49.3. The van der Waals surface area contributed by atoms with Crippen LogP contribution in [0, 0.1) is 0 Å². The third-order valence-electron chi connectivity index (χ3n) is 6.95. The summed E-state index contributed by atoms with van der Waals surface area (Å²) < 4.78 is 27.6. The van der Waals surface area contributed by atoms with Gasteiger partial charge in [0.15, 0.2) is 5.78 Å². The number of fused-ring (bicyclic) bond motifs is 2. The van der Waals surface area contributed by atoms with Crippen molar-refractivity contribution in [3.05, 3.63) is 66.6 Å². The Bertz CT molecular complexity index is 1460. The predicted molar refractivity (Wildman–Crippen MR) is 135 cm³/mol. The van der Waals surface area contributed by atoms with Gasteiger partial charge in [-0.15, -0.1) is 0 Å². The number of carbonyl (C=O) groups is 3. The van der Waals surface area contributed by atoms with E-state index in [1.54, 1.807) is 30.5 Å². The maximum atomic E-state index is 13.6. The molecule has 0 radical (unpaired) electrons. The largest absolute Gasteiger partial charge is 0.340 e. The highest BCUT2D eigenvalue weighted by Gasteiger charge is 2.54. The van der Waals surface area contributed by atoms with Crippen LogP contribution in [0.3, 0.4) is 0 Å². The Hall–Kier alpha value is -3.70. The molecule has 4 heterocycles. The van der Waals surface area contributed by atoms with Gasteiger partial charge in [0.2, 0.25) is 15.9 Å². The van der Waals surface area contributed by atoms with Gasteiger partial charge in [-0.2, -0.15) is 4.31 Å². The molecular formula is C26H27N5O5S. The first-order chi connectivity index (χ1) is 17.8. The van der Waals surface area contributed by atoms with E-state index in [0.717, 1.165) is 10.9 Å². The number of aromatic nitrogens is 2. The number of rotatable bonds is 7. The van der Waals surface area contributed by atoms with E-state index in [4.69, 9.17) is 0 Å². The molecule has 1 N–H and O–H groups in total. The first-order valence-corrected chi connectivity index (χ1v) is 13.7. The fraction of sp³-hybridized carbons (Fsp3) is 0.346.